The minimum Gasteiger partial charge on any atom is -0.352 e. The number of amides is 1. The van der Waals surface area contributed by atoms with Gasteiger partial charge in [0.1, 0.15) is 0 Å². The number of nitrogens with one attached hydrogen (secondary N) is 1. The van der Waals surface area contributed by atoms with Crippen molar-refractivity contribution in [3.8, 4) is 0 Å². The Hall–Kier alpha value is -1.35. The minimum atomic E-state index is -0.423. The molecule has 1 unspecified atom stereocenters. The number of rotatable bonds is 5. The SMILES string of the molecule is CC(Cc1ccccc1)NC(=O)[C@@H](N)C(C)C. The van der Waals surface area contributed by atoms with Crippen LogP contribution < -0.4 is 11.1 Å². The first-order valence-corrected chi connectivity index (χ1v) is 6.10. The zero-order chi connectivity index (χ0) is 12.8. The van der Waals surface area contributed by atoms with E-state index >= 15 is 0 Å². The molecule has 1 rings (SSSR count). The third-order valence-corrected chi connectivity index (χ3v) is 2.79. The van der Waals surface area contributed by atoms with Gasteiger partial charge in [0.15, 0.2) is 0 Å². The predicted molar refractivity (Wildman–Crippen MR) is 70.6 cm³/mol. The Bertz CT molecular complexity index is 348. The fourth-order valence-electron chi connectivity index (χ4n) is 1.66. The van der Waals surface area contributed by atoms with E-state index in [1.54, 1.807) is 0 Å². The summed E-state index contributed by atoms with van der Waals surface area (Å²) in [5, 5.41) is 2.95. The van der Waals surface area contributed by atoms with Crippen LogP contribution in [0, 0.1) is 5.92 Å². The Morgan fingerprint density at radius 2 is 1.82 bits per heavy atom. The van der Waals surface area contributed by atoms with Crippen LogP contribution >= 0.6 is 0 Å². The summed E-state index contributed by atoms with van der Waals surface area (Å²) in [4.78, 5) is 11.7. The lowest BCUT2D eigenvalue weighted by atomic mass is 10.0. The Morgan fingerprint density at radius 3 is 2.35 bits per heavy atom. The van der Waals surface area contributed by atoms with Gasteiger partial charge in [-0.2, -0.15) is 0 Å². The molecule has 0 spiro atoms. The number of nitrogens with two attached hydrogens (primary N) is 1. The number of hydrogen-bond donors (Lipinski definition) is 2. The lowest BCUT2D eigenvalue weighted by Crippen LogP contribution is -2.47. The van der Waals surface area contributed by atoms with Crippen molar-refractivity contribution in [2.45, 2.75) is 39.3 Å². The number of benzene rings is 1. The molecule has 3 nitrogen and oxygen atoms in total. The van der Waals surface area contributed by atoms with Gasteiger partial charge in [0.25, 0.3) is 0 Å². The van der Waals surface area contributed by atoms with Crippen molar-refractivity contribution in [3.63, 3.8) is 0 Å². The Balaban J connectivity index is 2.45. The molecule has 94 valence electrons. The molecule has 0 fully saturated rings. The highest BCUT2D eigenvalue weighted by molar-refractivity contribution is 5.81. The van der Waals surface area contributed by atoms with Crippen LogP contribution in [0.4, 0.5) is 0 Å². The molecule has 1 aromatic rings. The standard InChI is InChI=1S/C14H22N2O/c1-10(2)13(15)14(17)16-11(3)9-12-7-5-4-6-8-12/h4-8,10-11,13H,9,15H2,1-3H3,(H,16,17)/t11?,13-/m0/s1. The first-order valence-electron chi connectivity index (χ1n) is 6.10. The maximum Gasteiger partial charge on any atom is 0.237 e. The summed E-state index contributed by atoms with van der Waals surface area (Å²) in [5.41, 5.74) is 7.01. The van der Waals surface area contributed by atoms with E-state index < -0.39 is 6.04 Å². The van der Waals surface area contributed by atoms with Gasteiger partial charge in [-0.1, -0.05) is 44.2 Å². The average molecular weight is 234 g/mol. The van der Waals surface area contributed by atoms with Gasteiger partial charge in [-0.15, -0.1) is 0 Å². The van der Waals surface area contributed by atoms with Crippen LogP contribution in [-0.2, 0) is 11.2 Å². The minimum absolute atomic E-state index is 0.0663. The van der Waals surface area contributed by atoms with Gasteiger partial charge in [-0.3, -0.25) is 4.79 Å². The van der Waals surface area contributed by atoms with Gasteiger partial charge >= 0.3 is 0 Å². The van der Waals surface area contributed by atoms with Gasteiger partial charge in [-0.05, 0) is 24.8 Å². The van der Waals surface area contributed by atoms with Crippen LogP contribution in [0.1, 0.15) is 26.3 Å². The van der Waals surface area contributed by atoms with E-state index in [-0.39, 0.29) is 17.9 Å². The molecule has 3 N–H and O–H groups in total. The van der Waals surface area contributed by atoms with Gasteiger partial charge < -0.3 is 11.1 Å². The molecule has 0 aliphatic heterocycles. The molecule has 17 heavy (non-hydrogen) atoms. The molecule has 0 saturated carbocycles. The molecule has 3 heteroatoms. The molecular formula is C14H22N2O. The maximum absolute atomic E-state index is 11.7. The molecule has 0 heterocycles. The van der Waals surface area contributed by atoms with Crippen molar-refractivity contribution in [1.82, 2.24) is 5.32 Å². The van der Waals surface area contributed by atoms with Crippen molar-refractivity contribution in [1.29, 1.82) is 0 Å². The number of carbonyl (C=O) groups excluding carboxylic acids is 1. The van der Waals surface area contributed by atoms with Crippen molar-refractivity contribution in [3.05, 3.63) is 35.9 Å². The summed E-state index contributed by atoms with van der Waals surface area (Å²) in [6.45, 7) is 5.90. The van der Waals surface area contributed by atoms with Crippen LogP contribution in [-0.4, -0.2) is 18.0 Å². The van der Waals surface area contributed by atoms with E-state index in [9.17, 15) is 4.79 Å². The van der Waals surface area contributed by atoms with E-state index in [2.05, 4.69) is 17.4 Å². The highest BCUT2D eigenvalue weighted by Gasteiger charge is 2.18. The van der Waals surface area contributed by atoms with E-state index in [1.165, 1.54) is 5.56 Å². The summed E-state index contributed by atoms with van der Waals surface area (Å²) in [6, 6.07) is 9.80. The molecule has 0 bridgehead atoms. The number of carbonyl (C=O) groups is 1. The van der Waals surface area contributed by atoms with E-state index in [0.29, 0.717) is 0 Å². The van der Waals surface area contributed by atoms with Gasteiger partial charge in [0, 0.05) is 6.04 Å². The van der Waals surface area contributed by atoms with E-state index in [1.807, 2.05) is 39.0 Å². The quantitative estimate of drug-likeness (QED) is 0.815. The predicted octanol–water partition coefficient (Wildman–Crippen LogP) is 1.72. The highest BCUT2D eigenvalue weighted by atomic mass is 16.2. The van der Waals surface area contributed by atoms with E-state index in [0.717, 1.165) is 6.42 Å². The normalized spacial score (nSPS) is 14.4. The first-order chi connectivity index (χ1) is 8.00. The fraction of sp³-hybridized carbons (Fsp3) is 0.500. The second-order valence-electron chi connectivity index (χ2n) is 4.87. The Morgan fingerprint density at radius 1 is 1.24 bits per heavy atom. The molecule has 0 aromatic heterocycles. The molecular weight excluding hydrogens is 212 g/mol. The van der Waals surface area contributed by atoms with Crippen LogP contribution in [0.25, 0.3) is 0 Å². The van der Waals surface area contributed by atoms with Crippen molar-refractivity contribution < 1.29 is 4.79 Å². The molecule has 0 aliphatic rings. The molecule has 1 amide bonds. The monoisotopic (exact) mass is 234 g/mol. The first kappa shape index (κ1) is 13.7. The molecule has 0 radical (unpaired) electrons. The second-order valence-corrected chi connectivity index (χ2v) is 4.87. The third-order valence-electron chi connectivity index (χ3n) is 2.79. The van der Waals surface area contributed by atoms with Crippen molar-refractivity contribution in [2.75, 3.05) is 0 Å². The highest BCUT2D eigenvalue weighted by Crippen LogP contribution is 2.04. The molecule has 2 atom stereocenters. The summed E-state index contributed by atoms with van der Waals surface area (Å²) >= 11 is 0. The molecule has 0 saturated heterocycles. The summed E-state index contributed by atoms with van der Waals surface area (Å²) in [6.07, 6.45) is 0.831. The van der Waals surface area contributed by atoms with Gasteiger partial charge in [0.05, 0.1) is 6.04 Å². The number of hydrogen-bond acceptors (Lipinski definition) is 2. The van der Waals surface area contributed by atoms with Crippen molar-refractivity contribution >= 4 is 5.91 Å². The lowest BCUT2D eigenvalue weighted by Gasteiger charge is -2.19. The topological polar surface area (TPSA) is 55.1 Å². The zero-order valence-corrected chi connectivity index (χ0v) is 10.8. The van der Waals surface area contributed by atoms with Gasteiger partial charge in [-0.25, -0.2) is 0 Å². The smallest absolute Gasteiger partial charge is 0.237 e. The fourth-order valence-corrected chi connectivity index (χ4v) is 1.66. The van der Waals surface area contributed by atoms with Crippen LogP contribution in [0.5, 0.6) is 0 Å². The summed E-state index contributed by atoms with van der Waals surface area (Å²) in [7, 11) is 0. The zero-order valence-electron chi connectivity index (χ0n) is 10.8. The van der Waals surface area contributed by atoms with Crippen molar-refractivity contribution in [2.24, 2.45) is 11.7 Å². The Labute approximate surface area is 103 Å². The molecule has 1 aromatic carbocycles. The van der Waals surface area contributed by atoms with Crippen LogP contribution in [0.15, 0.2) is 30.3 Å². The maximum atomic E-state index is 11.7. The van der Waals surface area contributed by atoms with E-state index in [4.69, 9.17) is 5.73 Å². The lowest BCUT2D eigenvalue weighted by molar-refractivity contribution is -0.123. The van der Waals surface area contributed by atoms with Crippen LogP contribution in [0.2, 0.25) is 0 Å². The summed E-state index contributed by atoms with van der Waals surface area (Å²) < 4.78 is 0. The second kappa shape index (κ2) is 6.40. The Kier molecular flexibility index (Phi) is 5.16. The van der Waals surface area contributed by atoms with Crippen LogP contribution in [0.3, 0.4) is 0 Å². The average Bonchev–Trinajstić information content (AvgIpc) is 2.28. The largest absolute Gasteiger partial charge is 0.352 e. The van der Waals surface area contributed by atoms with Gasteiger partial charge in [0.2, 0.25) is 5.91 Å². The summed E-state index contributed by atoms with van der Waals surface area (Å²) in [5.74, 6) is 0.0994. The molecule has 0 aliphatic carbocycles. The third kappa shape index (κ3) is 4.57.